The summed E-state index contributed by atoms with van der Waals surface area (Å²) in [6.45, 7) is 1.51. The molecule has 0 aromatic rings. The Kier molecular flexibility index (Phi) is 5.16. The Balaban J connectivity index is 3.49. The zero-order valence-corrected chi connectivity index (χ0v) is 6.21. The minimum atomic E-state index is -0.0532. The van der Waals surface area contributed by atoms with Crippen LogP contribution < -0.4 is 0 Å². The van der Waals surface area contributed by atoms with Crippen molar-refractivity contribution in [3.63, 3.8) is 0 Å². The highest BCUT2D eigenvalue weighted by molar-refractivity contribution is 5.75. The van der Waals surface area contributed by atoms with Crippen LogP contribution in [-0.2, 0) is 4.79 Å². The van der Waals surface area contributed by atoms with Crippen molar-refractivity contribution in [2.45, 2.75) is 19.8 Å². The van der Waals surface area contributed by atoms with E-state index in [1.54, 1.807) is 0 Å². The second kappa shape index (κ2) is 5.38. The SMILES string of the molecule is CC(=O)CC(CO)CCO. The summed E-state index contributed by atoms with van der Waals surface area (Å²) < 4.78 is 0. The highest BCUT2D eigenvalue weighted by Crippen LogP contribution is 2.06. The lowest BCUT2D eigenvalue weighted by atomic mass is 10.0. The fourth-order valence-electron chi connectivity index (χ4n) is 0.847. The molecule has 1 atom stereocenters. The lowest BCUT2D eigenvalue weighted by Gasteiger charge is -2.08. The fourth-order valence-corrected chi connectivity index (χ4v) is 0.847. The van der Waals surface area contributed by atoms with Gasteiger partial charge in [-0.2, -0.15) is 0 Å². The third-order valence-corrected chi connectivity index (χ3v) is 1.37. The molecule has 0 spiro atoms. The standard InChI is InChI=1S/C7H14O3/c1-6(10)4-7(5-9)2-3-8/h7-9H,2-5H2,1H3. The number of hydrogen-bond acceptors (Lipinski definition) is 3. The van der Waals surface area contributed by atoms with Gasteiger partial charge in [-0.1, -0.05) is 0 Å². The average molecular weight is 146 g/mol. The van der Waals surface area contributed by atoms with Crippen LogP contribution >= 0.6 is 0 Å². The first-order valence-corrected chi connectivity index (χ1v) is 3.41. The summed E-state index contributed by atoms with van der Waals surface area (Å²) in [6, 6.07) is 0. The van der Waals surface area contributed by atoms with Crippen molar-refractivity contribution in [3.05, 3.63) is 0 Å². The lowest BCUT2D eigenvalue weighted by Crippen LogP contribution is -2.11. The Labute approximate surface area is 60.7 Å². The number of hydrogen-bond donors (Lipinski definition) is 2. The molecule has 0 radical (unpaired) electrons. The lowest BCUT2D eigenvalue weighted by molar-refractivity contribution is -0.118. The molecular formula is C7H14O3. The summed E-state index contributed by atoms with van der Waals surface area (Å²) in [5, 5.41) is 17.1. The van der Waals surface area contributed by atoms with Crippen molar-refractivity contribution in [1.82, 2.24) is 0 Å². The van der Waals surface area contributed by atoms with E-state index in [0.717, 1.165) is 0 Å². The normalized spacial score (nSPS) is 13.1. The Morgan fingerprint density at radius 1 is 1.50 bits per heavy atom. The van der Waals surface area contributed by atoms with Gasteiger partial charge < -0.3 is 15.0 Å². The summed E-state index contributed by atoms with van der Waals surface area (Å²) in [5.41, 5.74) is 0. The van der Waals surface area contributed by atoms with Gasteiger partial charge in [0.15, 0.2) is 0 Å². The maximum Gasteiger partial charge on any atom is 0.130 e. The molecule has 3 nitrogen and oxygen atoms in total. The Morgan fingerprint density at radius 3 is 2.40 bits per heavy atom. The molecule has 0 aliphatic carbocycles. The van der Waals surface area contributed by atoms with E-state index in [-0.39, 0.29) is 24.9 Å². The molecule has 0 aromatic carbocycles. The van der Waals surface area contributed by atoms with Crippen LogP contribution in [0.15, 0.2) is 0 Å². The minimum Gasteiger partial charge on any atom is -0.396 e. The van der Waals surface area contributed by atoms with Crippen LogP contribution in [-0.4, -0.2) is 29.2 Å². The van der Waals surface area contributed by atoms with Crippen LogP contribution in [0.4, 0.5) is 0 Å². The fraction of sp³-hybridized carbons (Fsp3) is 0.857. The van der Waals surface area contributed by atoms with Gasteiger partial charge in [0.2, 0.25) is 0 Å². The second-order valence-electron chi connectivity index (χ2n) is 2.47. The first-order valence-electron chi connectivity index (χ1n) is 3.41. The summed E-state index contributed by atoms with van der Waals surface area (Å²) in [7, 11) is 0. The van der Waals surface area contributed by atoms with Gasteiger partial charge in [-0.25, -0.2) is 0 Å². The van der Waals surface area contributed by atoms with Gasteiger partial charge >= 0.3 is 0 Å². The highest BCUT2D eigenvalue weighted by Gasteiger charge is 2.08. The Morgan fingerprint density at radius 2 is 2.10 bits per heavy atom. The highest BCUT2D eigenvalue weighted by atomic mass is 16.3. The van der Waals surface area contributed by atoms with Crippen molar-refractivity contribution >= 4 is 5.78 Å². The van der Waals surface area contributed by atoms with Gasteiger partial charge in [0.1, 0.15) is 5.78 Å². The van der Waals surface area contributed by atoms with Crippen LogP contribution in [0.2, 0.25) is 0 Å². The molecule has 0 aliphatic heterocycles. The van der Waals surface area contributed by atoms with Crippen molar-refractivity contribution in [1.29, 1.82) is 0 Å². The van der Waals surface area contributed by atoms with Gasteiger partial charge in [-0.15, -0.1) is 0 Å². The molecule has 2 N–H and O–H groups in total. The summed E-state index contributed by atoms with van der Waals surface area (Å²) in [5.74, 6) is 0.00926. The third kappa shape index (κ3) is 4.47. The number of rotatable bonds is 5. The smallest absolute Gasteiger partial charge is 0.130 e. The Bertz CT molecular complexity index is 101. The number of aliphatic hydroxyl groups excluding tert-OH is 2. The van der Waals surface area contributed by atoms with Crippen molar-refractivity contribution < 1.29 is 15.0 Å². The van der Waals surface area contributed by atoms with Crippen molar-refractivity contribution in [2.24, 2.45) is 5.92 Å². The first kappa shape index (κ1) is 9.59. The molecule has 0 saturated heterocycles. The van der Waals surface area contributed by atoms with Gasteiger partial charge in [0.25, 0.3) is 0 Å². The van der Waals surface area contributed by atoms with E-state index in [0.29, 0.717) is 12.8 Å². The van der Waals surface area contributed by atoms with E-state index < -0.39 is 0 Å². The quantitative estimate of drug-likeness (QED) is 0.572. The van der Waals surface area contributed by atoms with Crippen LogP contribution in [0.5, 0.6) is 0 Å². The molecule has 0 aliphatic rings. The number of carbonyl (C=O) groups excluding carboxylic acids is 1. The van der Waals surface area contributed by atoms with E-state index in [4.69, 9.17) is 10.2 Å². The third-order valence-electron chi connectivity index (χ3n) is 1.37. The van der Waals surface area contributed by atoms with Crippen LogP contribution in [0.1, 0.15) is 19.8 Å². The van der Waals surface area contributed by atoms with Crippen LogP contribution in [0.3, 0.4) is 0 Å². The number of Topliss-reactive ketones (excluding diaryl/α,β-unsaturated/α-hetero) is 1. The maximum absolute atomic E-state index is 10.5. The molecule has 3 heteroatoms. The number of aliphatic hydroxyl groups is 2. The maximum atomic E-state index is 10.5. The van der Waals surface area contributed by atoms with E-state index in [9.17, 15) is 4.79 Å². The molecule has 10 heavy (non-hydrogen) atoms. The molecule has 60 valence electrons. The molecule has 0 fully saturated rings. The zero-order valence-electron chi connectivity index (χ0n) is 6.21. The van der Waals surface area contributed by atoms with Crippen LogP contribution in [0.25, 0.3) is 0 Å². The molecule has 0 amide bonds. The van der Waals surface area contributed by atoms with Gasteiger partial charge in [-0.05, 0) is 19.3 Å². The van der Waals surface area contributed by atoms with E-state index >= 15 is 0 Å². The van der Waals surface area contributed by atoms with Crippen molar-refractivity contribution in [3.8, 4) is 0 Å². The Hall–Kier alpha value is -0.410. The monoisotopic (exact) mass is 146 g/mol. The van der Waals surface area contributed by atoms with E-state index in [1.165, 1.54) is 6.92 Å². The van der Waals surface area contributed by atoms with E-state index in [1.807, 2.05) is 0 Å². The van der Waals surface area contributed by atoms with Crippen LogP contribution in [0, 0.1) is 5.92 Å². The summed E-state index contributed by atoms with van der Waals surface area (Å²) in [6.07, 6.45) is 0.882. The van der Waals surface area contributed by atoms with Gasteiger partial charge in [0.05, 0.1) is 0 Å². The van der Waals surface area contributed by atoms with Gasteiger partial charge in [0, 0.05) is 19.6 Å². The second-order valence-corrected chi connectivity index (χ2v) is 2.47. The predicted molar refractivity (Wildman–Crippen MR) is 37.6 cm³/mol. The summed E-state index contributed by atoms with van der Waals surface area (Å²) >= 11 is 0. The predicted octanol–water partition coefficient (Wildman–Crippen LogP) is -0.0436. The molecule has 0 rings (SSSR count). The zero-order chi connectivity index (χ0) is 7.98. The molecule has 1 unspecified atom stereocenters. The summed E-state index contributed by atoms with van der Waals surface area (Å²) in [4.78, 5) is 10.5. The number of carbonyl (C=O) groups is 1. The molecule has 0 heterocycles. The minimum absolute atomic E-state index is 0.0137. The van der Waals surface area contributed by atoms with E-state index in [2.05, 4.69) is 0 Å². The molecule has 0 aromatic heterocycles. The van der Waals surface area contributed by atoms with Gasteiger partial charge in [-0.3, -0.25) is 0 Å². The number of ketones is 1. The first-order chi connectivity index (χ1) is 4.70. The molecular weight excluding hydrogens is 132 g/mol. The largest absolute Gasteiger partial charge is 0.396 e. The average Bonchev–Trinajstić information content (AvgIpc) is 1.86. The molecule has 0 bridgehead atoms. The molecule has 0 saturated carbocycles. The van der Waals surface area contributed by atoms with Crippen molar-refractivity contribution in [2.75, 3.05) is 13.2 Å². The topological polar surface area (TPSA) is 57.5 Å².